The summed E-state index contributed by atoms with van der Waals surface area (Å²) in [5.74, 6) is -1.09. The highest BCUT2D eigenvalue weighted by atomic mass is 19.1. The number of piperidine rings is 1. The third kappa shape index (κ3) is 3.92. The standard InChI is InChI=1S/C18H25F2N3O/c19-15-6-2-7-16(20)14(15)11-23-9-3-4-12(10-23)22-18(24)13-5-1-8-17(13)21/h2,6-7,12-13,17H,1,3-5,8-11,21H2,(H,22,24)/t12-,13+,17+/m0/s1. The van der Waals surface area contributed by atoms with Crippen LogP contribution in [0.1, 0.15) is 37.7 Å². The molecule has 2 aliphatic rings. The van der Waals surface area contributed by atoms with Crippen LogP contribution in [-0.4, -0.2) is 36.0 Å². The van der Waals surface area contributed by atoms with Gasteiger partial charge in [0.1, 0.15) is 11.6 Å². The van der Waals surface area contributed by atoms with Crippen molar-refractivity contribution in [3.05, 3.63) is 35.4 Å². The van der Waals surface area contributed by atoms with Gasteiger partial charge in [0.15, 0.2) is 0 Å². The SMILES string of the molecule is N[C@@H]1CCC[C@H]1C(=O)N[C@H]1CCCN(Cc2c(F)cccc2F)C1. The zero-order valence-electron chi connectivity index (χ0n) is 13.8. The zero-order valence-corrected chi connectivity index (χ0v) is 13.8. The number of benzene rings is 1. The van der Waals surface area contributed by atoms with Gasteiger partial charge in [-0.2, -0.15) is 0 Å². The number of nitrogens with two attached hydrogens (primary N) is 1. The molecular weight excluding hydrogens is 312 g/mol. The second-order valence-electron chi connectivity index (χ2n) is 6.98. The van der Waals surface area contributed by atoms with E-state index < -0.39 is 11.6 Å². The average Bonchev–Trinajstić information content (AvgIpc) is 2.98. The van der Waals surface area contributed by atoms with Crippen LogP contribution in [0.5, 0.6) is 0 Å². The maximum Gasteiger partial charge on any atom is 0.224 e. The molecule has 0 spiro atoms. The first-order valence-corrected chi connectivity index (χ1v) is 8.76. The summed E-state index contributed by atoms with van der Waals surface area (Å²) in [4.78, 5) is 14.4. The molecule has 0 bridgehead atoms. The molecule has 1 aromatic rings. The van der Waals surface area contributed by atoms with Gasteiger partial charge in [-0.3, -0.25) is 9.69 Å². The predicted molar refractivity (Wildman–Crippen MR) is 88.1 cm³/mol. The molecule has 1 saturated heterocycles. The lowest BCUT2D eigenvalue weighted by molar-refractivity contribution is -0.126. The summed E-state index contributed by atoms with van der Waals surface area (Å²) in [6, 6.07) is 3.91. The first-order valence-electron chi connectivity index (χ1n) is 8.76. The van der Waals surface area contributed by atoms with Gasteiger partial charge in [-0.25, -0.2) is 8.78 Å². The van der Waals surface area contributed by atoms with Crippen molar-refractivity contribution < 1.29 is 13.6 Å². The molecule has 4 nitrogen and oxygen atoms in total. The third-order valence-electron chi connectivity index (χ3n) is 5.20. The van der Waals surface area contributed by atoms with Gasteiger partial charge >= 0.3 is 0 Å². The van der Waals surface area contributed by atoms with Crippen LogP contribution in [0.25, 0.3) is 0 Å². The van der Waals surface area contributed by atoms with Crippen molar-refractivity contribution in [1.29, 1.82) is 0 Å². The van der Waals surface area contributed by atoms with E-state index in [0.717, 1.165) is 38.6 Å². The van der Waals surface area contributed by atoms with E-state index >= 15 is 0 Å². The zero-order chi connectivity index (χ0) is 17.1. The Morgan fingerprint density at radius 3 is 2.62 bits per heavy atom. The first kappa shape index (κ1) is 17.3. The Balaban J connectivity index is 1.57. The molecule has 1 saturated carbocycles. The summed E-state index contributed by atoms with van der Waals surface area (Å²) in [7, 11) is 0. The summed E-state index contributed by atoms with van der Waals surface area (Å²) in [6.45, 7) is 1.62. The van der Waals surface area contributed by atoms with Crippen LogP contribution in [0.15, 0.2) is 18.2 Å². The fourth-order valence-corrected chi connectivity index (χ4v) is 3.85. The minimum absolute atomic E-state index is 0.0221. The maximum absolute atomic E-state index is 13.8. The van der Waals surface area contributed by atoms with E-state index in [9.17, 15) is 13.6 Å². The minimum atomic E-state index is -0.516. The van der Waals surface area contributed by atoms with Crippen LogP contribution in [0.2, 0.25) is 0 Å². The maximum atomic E-state index is 13.8. The Morgan fingerprint density at radius 1 is 1.21 bits per heavy atom. The predicted octanol–water partition coefficient (Wildman–Crippen LogP) is 2.17. The van der Waals surface area contributed by atoms with E-state index in [1.54, 1.807) is 0 Å². The Labute approximate surface area is 141 Å². The lowest BCUT2D eigenvalue weighted by atomic mass is 10.0. The van der Waals surface area contributed by atoms with Gasteiger partial charge < -0.3 is 11.1 Å². The van der Waals surface area contributed by atoms with E-state index in [1.165, 1.54) is 18.2 Å². The molecule has 2 fully saturated rings. The van der Waals surface area contributed by atoms with Crippen LogP contribution in [-0.2, 0) is 11.3 Å². The van der Waals surface area contributed by atoms with Gasteiger partial charge in [-0.1, -0.05) is 12.5 Å². The number of hydrogen-bond donors (Lipinski definition) is 2. The molecule has 1 aliphatic carbocycles. The molecule has 1 amide bonds. The van der Waals surface area contributed by atoms with E-state index in [2.05, 4.69) is 5.32 Å². The molecule has 1 heterocycles. The molecule has 1 aromatic carbocycles. The lowest BCUT2D eigenvalue weighted by Gasteiger charge is -2.34. The van der Waals surface area contributed by atoms with Crippen LogP contribution in [0.4, 0.5) is 8.78 Å². The van der Waals surface area contributed by atoms with E-state index in [4.69, 9.17) is 5.73 Å². The molecule has 3 N–H and O–H groups in total. The summed E-state index contributed by atoms with van der Waals surface area (Å²) in [5.41, 5.74) is 6.09. The highest BCUT2D eigenvalue weighted by Crippen LogP contribution is 2.25. The van der Waals surface area contributed by atoms with Gasteiger partial charge in [0, 0.05) is 30.7 Å². The summed E-state index contributed by atoms with van der Waals surface area (Å²) >= 11 is 0. The molecule has 132 valence electrons. The van der Waals surface area contributed by atoms with Gasteiger partial charge in [0.05, 0.1) is 5.92 Å². The molecular formula is C18H25F2N3O. The Morgan fingerprint density at radius 2 is 1.96 bits per heavy atom. The fourth-order valence-electron chi connectivity index (χ4n) is 3.85. The van der Waals surface area contributed by atoms with E-state index in [0.29, 0.717) is 6.54 Å². The molecule has 6 heteroatoms. The Hall–Kier alpha value is -1.53. The number of nitrogens with zero attached hydrogens (tertiary/aromatic N) is 1. The van der Waals surface area contributed by atoms with Crippen molar-refractivity contribution in [2.75, 3.05) is 13.1 Å². The van der Waals surface area contributed by atoms with Gasteiger partial charge in [-0.15, -0.1) is 0 Å². The van der Waals surface area contributed by atoms with Gasteiger partial charge in [0.2, 0.25) is 5.91 Å². The average molecular weight is 337 g/mol. The van der Waals surface area contributed by atoms with Crippen molar-refractivity contribution in [3.63, 3.8) is 0 Å². The number of rotatable bonds is 4. The Kier molecular flexibility index (Phi) is 5.46. The summed E-state index contributed by atoms with van der Waals surface area (Å²) in [6.07, 6.45) is 4.55. The van der Waals surface area contributed by atoms with Crippen LogP contribution in [0, 0.1) is 17.6 Å². The molecule has 1 aliphatic heterocycles. The molecule has 24 heavy (non-hydrogen) atoms. The van der Waals surface area contributed by atoms with Gasteiger partial charge in [0.25, 0.3) is 0 Å². The smallest absolute Gasteiger partial charge is 0.224 e. The van der Waals surface area contributed by atoms with E-state index in [-0.39, 0.29) is 36.0 Å². The first-order chi connectivity index (χ1) is 11.5. The number of halogens is 2. The summed E-state index contributed by atoms with van der Waals surface area (Å²) < 4.78 is 27.6. The topological polar surface area (TPSA) is 58.4 Å². The minimum Gasteiger partial charge on any atom is -0.352 e. The van der Waals surface area contributed by atoms with Crippen molar-refractivity contribution in [1.82, 2.24) is 10.2 Å². The monoisotopic (exact) mass is 337 g/mol. The van der Waals surface area contributed by atoms with E-state index in [1.807, 2.05) is 4.90 Å². The lowest BCUT2D eigenvalue weighted by Crippen LogP contribution is -2.50. The molecule has 3 rings (SSSR count). The normalized spacial score (nSPS) is 28.0. The number of nitrogens with one attached hydrogen (secondary N) is 1. The van der Waals surface area contributed by atoms with Gasteiger partial charge in [-0.05, 0) is 44.4 Å². The summed E-state index contributed by atoms with van der Waals surface area (Å²) in [5, 5.41) is 3.09. The third-order valence-corrected chi connectivity index (χ3v) is 5.20. The van der Waals surface area contributed by atoms with Crippen LogP contribution >= 0.6 is 0 Å². The fraction of sp³-hybridized carbons (Fsp3) is 0.611. The number of amides is 1. The molecule has 0 unspecified atom stereocenters. The van der Waals surface area contributed by atoms with Crippen molar-refractivity contribution >= 4 is 5.91 Å². The largest absolute Gasteiger partial charge is 0.352 e. The Bertz CT molecular complexity index is 575. The van der Waals surface area contributed by atoms with Crippen molar-refractivity contribution in [2.45, 2.75) is 50.7 Å². The molecule has 0 aromatic heterocycles. The number of carbonyl (C=O) groups is 1. The highest BCUT2D eigenvalue weighted by molar-refractivity contribution is 5.80. The van der Waals surface area contributed by atoms with Crippen molar-refractivity contribution in [3.8, 4) is 0 Å². The van der Waals surface area contributed by atoms with Crippen LogP contribution < -0.4 is 11.1 Å². The second kappa shape index (κ2) is 7.57. The highest BCUT2D eigenvalue weighted by Gasteiger charge is 2.32. The quantitative estimate of drug-likeness (QED) is 0.885. The molecule has 0 radical (unpaired) electrons. The number of likely N-dealkylation sites (tertiary alicyclic amines) is 1. The van der Waals surface area contributed by atoms with Crippen molar-refractivity contribution in [2.24, 2.45) is 11.7 Å². The van der Waals surface area contributed by atoms with Crippen LogP contribution in [0.3, 0.4) is 0 Å². The molecule has 3 atom stereocenters. The number of carbonyl (C=O) groups excluding carboxylic acids is 1. The number of hydrogen-bond acceptors (Lipinski definition) is 3. The second-order valence-corrected chi connectivity index (χ2v) is 6.98.